The zero-order chi connectivity index (χ0) is 14.4. The lowest BCUT2D eigenvalue weighted by molar-refractivity contribution is 0.0692. The second-order valence-electron chi connectivity index (χ2n) is 4.11. The van der Waals surface area contributed by atoms with Crippen molar-refractivity contribution in [2.24, 2.45) is 0 Å². The average molecular weight is 268 g/mol. The third-order valence-corrected chi connectivity index (χ3v) is 2.78. The maximum absolute atomic E-state index is 13.4. The summed E-state index contributed by atoms with van der Waals surface area (Å²) >= 11 is 0. The number of carboxylic acids is 1. The van der Waals surface area contributed by atoms with Crippen LogP contribution in [-0.4, -0.2) is 23.1 Å². The average Bonchev–Trinajstić information content (AvgIpc) is 2.35. The molecule has 0 aliphatic carbocycles. The molecule has 2 amide bonds. The van der Waals surface area contributed by atoms with Gasteiger partial charge in [-0.15, -0.1) is 0 Å². The molecule has 0 spiro atoms. The minimum atomic E-state index is -1.34. The van der Waals surface area contributed by atoms with Gasteiger partial charge in [-0.3, -0.25) is 0 Å². The van der Waals surface area contributed by atoms with Gasteiger partial charge in [0.25, 0.3) is 0 Å². The first-order chi connectivity index (χ1) is 8.97. The molecular weight excluding hydrogens is 251 g/mol. The number of nitrogens with one attached hydrogen (secondary N) is 2. The number of hydrogen-bond acceptors (Lipinski definition) is 2. The highest BCUT2D eigenvalue weighted by Gasteiger charge is 2.12. The second-order valence-corrected chi connectivity index (χ2v) is 4.11. The molecule has 0 bridgehead atoms. The standard InChI is InChI=1S/C13H17FN2O3/c1-3-8(4-2)15-13(19)16-9-5-6-10(12(17)18)11(14)7-9/h5-8H,3-4H2,1-2H3,(H,17,18)(H2,15,16,19). The quantitative estimate of drug-likeness (QED) is 0.768. The molecule has 3 N–H and O–H groups in total. The van der Waals surface area contributed by atoms with Crippen LogP contribution in [0.3, 0.4) is 0 Å². The van der Waals surface area contributed by atoms with E-state index < -0.39 is 23.4 Å². The Morgan fingerprint density at radius 3 is 2.42 bits per heavy atom. The fraction of sp³-hybridized carbons (Fsp3) is 0.385. The Bertz CT molecular complexity index is 473. The molecule has 1 aromatic carbocycles. The number of carboxylic acid groups (broad SMARTS) is 1. The van der Waals surface area contributed by atoms with Gasteiger partial charge in [-0.2, -0.15) is 0 Å². The van der Waals surface area contributed by atoms with Gasteiger partial charge < -0.3 is 15.7 Å². The minimum Gasteiger partial charge on any atom is -0.478 e. The Labute approximate surface area is 110 Å². The molecule has 1 rings (SSSR count). The van der Waals surface area contributed by atoms with Crippen LogP contribution >= 0.6 is 0 Å². The zero-order valence-electron chi connectivity index (χ0n) is 10.9. The smallest absolute Gasteiger partial charge is 0.338 e. The van der Waals surface area contributed by atoms with E-state index in [1.807, 2.05) is 13.8 Å². The summed E-state index contributed by atoms with van der Waals surface area (Å²) in [5.74, 6) is -2.22. The summed E-state index contributed by atoms with van der Waals surface area (Å²) in [7, 11) is 0. The number of carbonyl (C=O) groups excluding carboxylic acids is 1. The molecule has 0 radical (unpaired) electrons. The third kappa shape index (κ3) is 4.24. The lowest BCUT2D eigenvalue weighted by Crippen LogP contribution is -2.37. The van der Waals surface area contributed by atoms with Crippen molar-refractivity contribution < 1.29 is 19.1 Å². The van der Waals surface area contributed by atoms with Gasteiger partial charge in [0.2, 0.25) is 0 Å². The summed E-state index contributed by atoms with van der Waals surface area (Å²) in [5.41, 5.74) is -0.211. The highest BCUT2D eigenvalue weighted by atomic mass is 19.1. The molecule has 0 atom stereocenters. The van der Waals surface area contributed by atoms with Crippen molar-refractivity contribution in [3.05, 3.63) is 29.6 Å². The molecule has 0 aliphatic heterocycles. The lowest BCUT2D eigenvalue weighted by Gasteiger charge is -2.15. The van der Waals surface area contributed by atoms with Crippen LogP contribution in [0.25, 0.3) is 0 Å². The van der Waals surface area contributed by atoms with Crippen molar-refractivity contribution in [3.8, 4) is 0 Å². The predicted octanol–water partition coefficient (Wildman–Crippen LogP) is 2.83. The molecular formula is C13H17FN2O3. The van der Waals surface area contributed by atoms with Crippen molar-refractivity contribution in [1.82, 2.24) is 5.32 Å². The Kier molecular flexibility index (Phi) is 5.29. The second kappa shape index (κ2) is 6.72. The van der Waals surface area contributed by atoms with E-state index in [0.29, 0.717) is 0 Å². The van der Waals surface area contributed by atoms with Crippen LogP contribution in [0.15, 0.2) is 18.2 Å². The summed E-state index contributed by atoms with van der Waals surface area (Å²) in [6, 6.07) is 3.07. The Balaban J connectivity index is 2.70. The van der Waals surface area contributed by atoms with Crippen LogP contribution in [0, 0.1) is 5.82 Å². The van der Waals surface area contributed by atoms with E-state index in [9.17, 15) is 14.0 Å². The maximum atomic E-state index is 13.4. The van der Waals surface area contributed by atoms with E-state index >= 15 is 0 Å². The molecule has 0 aromatic heterocycles. The molecule has 1 aromatic rings. The number of rotatable bonds is 5. The monoisotopic (exact) mass is 268 g/mol. The van der Waals surface area contributed by atoms with E-state index in [2.05, 4.69) is 10.6 Å². The number of anilines is 1. The number of aromatic carboxylic acids is 1. The molecule has 0 unspecified atom stereocenters. The van der Waals surface area contributed by atoms with Crippen molar-refractivity contribution >= 4 is 17.7 Å². The van der Waals surface area contributed by atoms with Gasteiger partial charge in [-0.05, 0) is 31.0 Å². The number of carbonyl (C=O) groups is 2. The van der Waals surface area contributed by atoms with Crippen LogP contribution in [0.4, 0.5) is 14.9 Å². The first-order valence-electron chi connectivity index (χ1n) is 6.08. The normalized spacial score (nSPS) is 10.3. The first-order valence-corrected chi connectivity index (χ1v) is 6.08. The Morgan fingerprint density at radius 1 is 1.32 bits per heavy atom. The van der Waals surface area contributed by atoms with Gasteiger partial charge in [0.05, 0.1) is 5.56 Å². The van der Waals surface area contributed by atoms with Gasteiger partial charge in [-0.25, -0.2) is 14.0 Å². The van der Waals surface area contributed by atoms with E-state index in [-0.39, 0.29) is 11.7 Å². The van der Waals surface area contributed by atoms with E-state index in [1.54, 1.807) is 0 Å². The van der Waals surface area contributed by atoms with Crippen molar-refractivity contribution in [1.29, 1.82) is 0 Å². The maximum Gasteiger partial charge on any atom is 0.338 e. The summed E-state index contributed by atoms with van der Waals surface area (Å²) in [5, 5.41) is 13.9. The fourth-order valence-electron chi connectivity index (χ4n) is 1.61. The van der Waals surface area contributed by atoms with E-state index in [4.69, 9.17) is 5.11 Å². The van der Waals surface area contributed by atoms with Crippen LogP contribution in [0.2, 0.25) is 0 Å². The number of benzene rings is 1. The first kappa shape index (κ1) is 14.9. The highest BCUT2D eigenvalue weighted by Crippen LogP contribution is 2.14. The molecule has 0 saturated carbocycles. The van der Waals surface area contributed by atoms with E-state index in [0.717, 1.165) is 25.0 Å². The number of amides is 2. The summed E-state index contributed by atoms with van der Waals surface area (Å²) < 4.78 is 13.4. The summed E-state index contributed by atoms with van der Waals surface area (Å²) in [6.45, 7) is 3.91. The topological polar surface area (TPSA) is 78.4 Å². The third-order valence-electron chi connectivity index (χ3n) is 2.78. The number of urea groups is 1. The lowest BCUT2D eigenvalue weighted by atomic mass is 10.2. The molecule has 0 fully saturated rings. The number of halogens is 1. The van der Waals surface area contributed by atoms with Crippen LogP contribution in [-0.2, 0) is 0 Å². The molecule has 19 heavy (non-hydrogen) atoms. The van der Waals surface area contributed by atoms with Crippen molar-refractivity contribution in [3.63, 3.8) is 0 Å². The van der Waals surface area contributed by atoms with Crippen molar-refractivity contribution in [2.75, 3.05) is 5.32 Å². The van der Waals surface area contributed by atoms with Gasteiger partial charge in [0.1, 0.15) is 5.82 Å². The molecule has 5 nitrogen and oxygen atoms in total. The van der Waals surface area contributed by atoms with Crippen LogP contribution in [0.1, 0.15) is 37.0 Å². The zero-order valence-corrected chi connectivity index (χ0v) is 10.9. The molecule has 104 valence electrons. The number of hydrogen-bond donors (Lipinski definition) is 3. The highest BCUT2D eigenvalue weighted by molar-refractivity contribution is 5.91. The Hall–Kier alpha value is -2.11. The van der Waals surface area contributed by atoms with Crippen LogP contribution in [0.5, 0.6) is 0 Å². The van der Waals surface area contributed by atoms with Crippen LogP contribution < -0.4 is 10.6 Å². The predicted molar refractivity (Wildman–Crippen MR) is 69.9 cm³/mol. The largest absolute Gasteiger partial charge is 0.478 e. The minimum absolute atomic E-state index is 0.0585. The summed E-state index contributed by atoms with van der Waals surface area (Å²) in [4.78, 5) is 22.2. The van der Waals surface area contributed by atoms with Gasteiger partial charge in [0, 0.05) is 11.7 Å². The van der Waals surface area contributed by atoms with Gasteiger partial charge in [-0.1, -0.05) is 13.8 Å². The van der Waals surface area contributed by atoms with Crippen molar-refractivity contribution in [2.45, 2.75) is 32.7 Å². The summed E-state index contributed by atoms with van der Waals surface area (Å²) in [6.07, 6.45) is 1.60. The van der Waals surface area contributed by atoms with Gasteiger partial charge >= 0.3 is 12.0 Å². The SMILES string of the molecule is CCC(CC)NC(=O)Nc1ccc(C(=O)O)c(F)c1. The molecule has 0 aliphatic rings. The molecule has 0 heterocycles. The fourth-order valence-corrected chi connectivity index (χ4v) is 1.61. The molecule has 0 saturated heterocycles. The Morgan fingerprint density at radius 2 is 1.95 bits per heavy atom. The molecule has 6 heteroatoms. The van der Waals surface area contributed by atoms with Gasteiger partial charge in [0.15, 0.2) is 0 Å². The van der Waals surface area contributed by atoms with E-state index in [1.165, 1.54) is 6.07 Å².